The summed E-state index contributed by atoms with van der Waals surface area (Å²) in [5.41, 5.74) is 6.18. The summed E-state index contributed by atoms with van der Waals surface area (Å²) in [6.07, 6.45) is 0. The first kappa shape index (κ1) is 20.2. The number of carbonyl (C=O) groups is 2. The van der Waals surface area contributed by atoms with Crippen LogP contribution in [0.3, 0.4) is 0 Å². The molecular formula is C19H18N4O5S. The maximum absolute atomic E-state index is 12.4. The van der Waals surface area contributed by atoms with Crippen LogP contribution in [0, 0.1) is 10.1 Å². The van der Waals surface area contributed by atoms with Gasteiger partial charge in [0, 0.05) is 19.2 Å². The summed E-state index contributed by atoms with van der Waals surface area (Å²) in [6, 6.07) is 10.8. The van der Waals surface area contributed by atoms with Crippen molar-refractivity contribution in [2.45, 2.75) is 13.0 Å². The quantitative estimate of drug-likeness (QED) is 0.284. The first-order chi connectivity index (χ1) is 13.8. The number of rotatable bonds is 6. The number of fused-ring (bicyclic) bond motifs is 1. The Morgan fingerprint density at radius 3 is 2.69 bits per heavy atom. The summed E-state index contributed by atoms with van der Waals surface area (Å²) < 4.78 is 6.06. The second-order valence-electron chi connectivity index (χ2n) is 6.31. The Bertz CT molecular complexity index is 1060. The van der Waals surface area contributed by atoms with E-state index < -0.39 is 23.4 Å². The van der Waals surface area contributed by atoms with Crippen molar-refractivity contribution in [2.75, 3.05) is 19.4 Å². The van der Waals surface area contributed by atoms with Crippen LogP contribution in [-0.2, 0) is 9.53 Å². The molecule has 2 N–H and O–H groups in total. The smallest absolute Gasteiger partial charge is 0.340 e. The third-order valence-electron chi connectivity index (χ3n) is 4.43. The monoisotopic (exact) mass is 414 g/mol. The zero-order chi connectivity index (χ0) is 21.1. The number of hydrogen-bond donors (Lipinski definition) is 1. The van der Waals surface area contributed by atoms with Crippen LogP contribution in [0.4, 0.5) is 11.4 Å². The van der Waals surface area contributed by atoms with Gasteiger partial charge in [-0.15, -0.1) is 11.3 Å². The van der Waals surface area contributed by atoms with Gasteiger partial charge in [-0.25, -0.2) is 9.78 Å². The Kier molecular flexibility index (Phi) is 5.74. The molecule has 29 heavy (non-hydrogen) atoms. The first-order valence-electron chi connectivity index (χ1n) is 8.60. The van der Waals surface area contributed by atoms with Gasteiger partial charge in [0.2, 0.25) is 0 Å². The molecule has 0 spiro atoms. The van der Waals surface area contributed by atoms with Crippen LogP contribution >= 0.6 is 11.3 Å². The number of anilines is 1. The van der Waals surface area contributed by atoms with Crippen molar-refractivity contribution in [3.8, 4) is 0 Å². The normalized spacial score (nSPS) is 11.8. The molecule has 0 unspecified atom stereocenters. The highest BCUT2D eigenvalue weighted by atomic mass is 32.1. The summed E-state index contributed by atoms with van der Waals surface area (Å²) in [7, 11) is 1.60. The van der Waals surface area contributed by atoms with Crippen LogP contribution < -0.4 is 5.73 Å². The molecule has 0 fully saturated rings. The van der Waals surface area contributed by atoms with E-state index in [-0.39, 0.29) is 23.0 Å². The molecule has 0 bridgehead atoms. The lowest BCUT2D eigenvalue weighted by atomic mass is 10.1. The Labute approximate surface area is 169 Å². The summed E-state index contributed by atoms with van der Waals surface area (Å²) in [5, 5.41) is 11.5. The van der Waals surface area contributed by atoms with Crippen LogP contribution in [0.1, 0.15) is 28.3 Å². The minimum atomic E-state index is -0.827. The van der Waals surface area contributed by atoms with Crippen LogP contribution in [0.15, 0.2) is 42.5 Å². The van der Waals surface area contributed by atoms with Crippen LogP contribution in [0.2, 0.25) is 0 Å². The van der Waals surface area contributed by atoms with Gasteiger partial charge in [0.05, 0.1) is 32.4 Å². The number of carbonyl (C=O) groups excluding carboxylic acids is 2. The van der Waals surface area contributed by atoms with Gasteiger partial charge in [-0.3, -0.25) is 14.9 Å². The number of hydrogen-bond acceptors (Lipinski definition) is 8. The number of para-hydroxylation sites is 1. The molecule has 0 saturated heterocycles. The zero-order valence-corrected chi connectivity index (χ0v) is 16.5. The predicted octanol–water partition coefficient (Wildman–Crippen LogP) is 3.16. The van der Waals surface area contributed by atoms with E-state index in [9.17, 15) is 19.7 Å². The molecule has 1 atom stereocenters. The Balaban J connectivity index is 1.63. The van der Waals surface area contributed by atoms with Gasteiger partial charge in [-0.2, -0.15) is 0 Å². The van der Waals surface area contributed by atoms with E-state index in [0.717, 1.165) is 27.4 Å². The summed E-state index contributed by atoms with van der Waals surface area (Å²) in [4.78, 5) is 40.7. The van der Waals surface area contributed by atoms with Crippen molar-refractivity contribution in [3.05, 3.63) is 63.1 Å². The molecule has 9 nitrogen and oxygen atoms in total. The minimum Gasteiger partial charge on any atom is -0.452 e. The molecule has 1 amide bonds. The second-order valence-corrected chi connectivity index (χ2v) is 7.37. The van der Waals surface area contributed by atoms with Gasteiger partial charge in [-0.05, 0) is 25.1 Å². The number of ether oxygens (including phenoxy) is 1. The number of nitrogens with zero attached hydrogens (tertiary/aromatic N) is 3. The van der Waals surface area contributed by atoms with E-state index in [0.29, 0.717) is 0 Å². The molecule has 3 rings (SSSR count). The van der Waals surface area contributed by atoms with E-state index in [1.807, 2.05) is 31.2 Å². The van der Waals surface area contributed by atoms with Crippen molar-refractivity contribution in [1.29, 1.82) is 0 Å². The molecule has 0 radical (unpaired) electrons. The lowest BCUT2D eigenvalue weighted by molar-refractivity contribution is -0.384. The highest BCUT2D eigenvalue weighted by Crippen LogP contribution is 2.29. The average molecular weight is 414 g/mol. The number of non-ortho nitro benzene ring substituents is 1. The maximum Gasteiger partial charge on any atom is 0.340 e. The third-order valence-corrected chi connectivity index (χ3v) is 5.64. The van der Waals surface area contributed by atoms with Gasteiger partial charge >= 0.3 is 5.97 Å². The molecule has 3 aromatic rings. The molecule has 0 aliphatic heterocycles. The molecule has 2 aromatic carbocycles. The molecule has 0 aliphatic rings. The van der Waals surface area contributed by atoms with Crippen LogP contribution in [-0.4, -0.2) is 40.3 Å². The fourth-order valence-electron chi connectivity index (χ4n) is 2.61. The van der Waals surface area contributed by atoms with Crippen molar-refractivity contribution in [1.82, 2.24) is 9.88 Å². The van der Waals surface area contributed by atoms with Crippen LogP contribution in [0.25, 0.3) is 10.2 Å². The fraction of sp³-hybridized carbons (Fsp3) is 0.211. The van der Waals surface area contributed by atoms with E-state index in [2.05, 4.69) is 4.98 Å². The van der Waals surface area contributed by atoms with Gasteiger partial charge in [0.1, 0.15) is 5.01 Å². The van der Waals surface area contributed by atoms with Crippen molar-refractivity contribution >= 4 is 44.8 Å². The van der Waals surface area contributed by atoms with Crippen molar-refractivity contribution in [3.63, 3.8) is 0 Å². The van der Waals surface area contributed by atoms with Crippen molar-refractivity contribution in [2.24, 2.45) is 0 Å². The third kappa shape index (κ3) is 4.32. The van der Waals surface area contributed by atoms with E-state index >= 15 is 0 Å². The topological polar surface area (TPSA) is 129 Å². The van der Waals surface area contributed by atoms with Gasteiger partial charge in [-0.1, -0.05) is 12.1 Å². The van der Waals surface area contributed by atoms with E-state index in [1.54, 1.807) is 7.05 Å². The molecule has 1 aromatic heterocycles. The molecule has 150 valence electrons. The highest BCUT2D eigenvalue weighted by Gasteiger charge is 2.23. The molecule has 1 heterocycles. The van der Waals surface area contributed by atoms with Crippen molar-refractivity contribution < 1.29 is 19.2 Å². The highest BCUT2D eigenvalue weighted by molar-refractivity contribution is 7.18. The number of nitro benzene ring substituents is 1. The number of nitro groups is 1. The van der Waals surface area contributed by atoms with Gasteiger partial charge in [0.25, 0.3) is 11.6 Å². The summed E-state index contributed by atoms with van der Waals surface area (Å²) >= 11 is 1.49. The lowest BCUT2D eigenvalue weighted by Crippen LogP contribution is -2.33. The Morgan fingerprint density at radius 1 is 1.31 bits per heavy atom. The number of nitrogen functional groups attached to an aromatic ring is 1. The maximum atomic E-state index is 12.4. The Morgan fingerprint density at radius 2 is 2.03 bits per heavy atom. The number of amides is 1. The molecular weight excluding hydrogens is 396 g/mol. The molecule has 0 saturated carbocycles. The van der Waals surface area contributed by atoms with E-state index in [1.165, 1.54) is 22.3 Å². The molecule has 10 heteroatoms. The Hall–Kier alpha value is -3.53. The SMILES string of the molecule is C[C@@H](c1nc2ccccc2s1)N(C)C(=O)COC(=O)c1ccc([N+](=O)[O-])cc1N. The lowest BCUT2D eigenvalue weighted by Gasteiger charge is -2.23. The van der Waals surface area contributed by atoms with Gasteiger partial charge in [0.15, 0.2) is 6.61 Å². The minimum absolute atomic E-state index is 0.0368. The van der Waals surface area contributed by atoms with Gasteiger partial charge < -0.3 is 15.4 Å². The number of thiazole rings is 1. The largest absolute Gasteiger partial charge is 0.452 e. The first-order valence-corrected chi connectivity index (χ1v) is 9.41. The summed E-state index contributed by atoms with van der Waals surface area (Å²) in [6.45, 7) is 1.35. The standard InChI is InChI=1S/C19H18N4O5S/c1-11(18-21-15-5-3-4-6-16(15)29-18)22(2)17(24)10-28-19(25)13-8-7-12(23(26)27)9-14(13)20/h3-9,11H,10,20H2,1-2H3/t11-/m0/s1. The average Bonchev–Trinajstić information content (AvgIpc) is 3.14. The predicted molar refractivity (Wildman–Crippen MR) is 109 cm³/mol. The van der Waals surface area contributed by atoms with E-state index in [4.69, 9.17) is 10.5 Å². The van der Waals surface area contributed by atoms with Crippen LogP contribution in [0.5, 0.6) is 0 Å². The number of likely N-dealkylation sites (N-methyl/N-ethyl adjacent to an activating group) is 1. The number of aromatic nitrogens is 1. The summed E-state index contributed by atoms with van der Waals surface area (Å²) in [5.74, 6) is -1.24. The number of benzene rings is 2. The second kappa shape index (κ2) is 8.23. The zero-order valence-electron chi connectivity index (χ0n) is 15.7. The molecule has 0 aliphatic carbocycles. The number of nitrogens with two attached hydrogens (primary N) is 1. The number of esters is 1. The fourth-order valence-corrected chi connectivity index (χ4v) is 3.67.